The highest BCUT2D eigenvalue weighted by Crippen LogP contribution is 2.29. The van der Waals surface area contributed by atoms with Crippen molar-refractivity contribution < 1.29 is 33.7 Å². The van der Waals surface area contributed by atoms with E-state index in [4.69, 9.17) is 14.2 Å². The zero-order valence-electron chi connectivity index (χ0n) is 15.7. The van der Waals surface area contributed by atoms with Gasteiger partial charge in [-0.15, -0.1) is 11.3 Å². The lowest BCUT2D eigenvalue weighted by molar-refractivity contribution is -0.119. The third-order valence-corrected chi connectivity index (χ3v) is 4.83. The van der Waals surface area contributed by atoms with E-state index in [0.29, 0.717) is 17.2 Å². The van der Waals surface area contributed by atoms with Crippen molar-refractivity contribution in [2.75, 3.05) is 25.6 Å². The van der Waals surface area contributed by atoms with E-state index in [1.807, 2.05) is 6.92 Å². The van der Waals surface area contributed by atoms with Gasteiger partial charge in [-0.1, -0.05) is 6.92 Å². The lowest BCUT2D eigenvalue weighted by atomic mass is 10.2. The third-order valence-electron chi connectivity index (χ3n) is 3.64. The maximum atomic E-state index is 12.2. The Morgan fingerprint density at radius 3 is 2.43 bits per heavy atom. The highest BCUT2D eigenvalue weighted by molar-refractivity contribution is 7.16. The fraction of sp³-hybridized carbons (Fsp3) is 0.316. The second kappa shape index (κ2) is 9.75. The van der Waals surface area contributed by atoms with Crippen LogP contribution in [0.15, 0.2) is 24.3 Å². The van der Waals surface area contributed by atoms with Gasteiger partial charge in [-0.2, -0.15) is 0 Å². The molecule has 9 heteroatoms. The number of anilines is 1. The summed E-state index contributed by atoms with van der Waals surface area (Å²) < 4.78 is 14.9. The van der Waals surface area contributed by atoms with Gasteiger partial charge >= 0.3 is 11.9 Å². The molecule has 2 rings (SSSR count). The fourth-order valence-electron chi connectivity index (χ4n) is 2.25. The number of carbonyl (C=O) groups is 3. The number of rotatable bonds is 8. The molecule has 28 heavy (non-hydrogen) atoms. The summed E-state index contributed by atoms with van der Waals surface area (Å²) in [6.07, 6.45) is 0.692. The van der Waals surface area contributed by atoms with Gasteiger partial charge in [0, 0.05) is 4.88 Å². The van der Waals surface area contributed by atoms with E-state index in [-0.39, 0.29) is 23.5 Å². The zero-order chi connectivity index (χ0) is 20.7. The van der Waals surface area contributed by atoms with Crippen LogP contribution in [-0.2, 0) is 20.7 Å². The smallest absolute Gasteiger partial charge is 0.342 e. The van der Waals surface area contributed by atoms with E-state index in [1.54, 1.807) is 13.0 Å². The number of amides is 1. The number of aromatic hydroxyl groups is 1. The van der Waals surface area contributed by atoms with Crippen LogP contribution in [0, 0.1) is 0 Å². The minimum absolute atomic E-state index is 0.122. The van der Waals surface area contributed by atoms with Crippen LogP contribution in [0.5, 0.6) is 11.5 Å². The molecule has 150 valence electrons. The second-order valence-electron chi connectivity index (χ2n) is 5.54. The zero-order valence-corrected chi connectivity index (χ0v) is 16.6. The number of phenolic OH excluding ortho intramolecular Hbond substituents is 1. The number of carbonyl (C=O) groups excluding carboxylic acids is 3. The highest BCUT2D eigenvalue weighted by atomic mass is 32.1. The molecular weight excluding hydrogens is 386 g/mol. The lowest BCUT2D eigenvalue weighted by Crippen LogP contribution is -2.21. The van der Waals surface area contributed by atoms with Crippen LogP contribution in [0.2, 0.25) is 0 Å². The molecule has 2 N–H and O–H groups in total. The monoisotopic (exact) mass is 407 g/mol. The van der Waals surface area contributed by atoms with E-state index in [2.05, 4.69) is 5.32 Å². The predicted octanol–water partition coefficient (Wildman–Crippen LogP) is 3.00. The van der Waals surface area contributed by atoms with E-state index in [1.165, 1.54) is 36.6 Å². The van der Waals surface area contributed by atoms with Gasteiger partial charge in [0.1, 0.15) is 22.1 Å². The van der Waals surface area contributed by atoms with E-state index in [0.717, 1.165) is 4.88 Å². The summed E-state index contributed by atoms with van der Waals surface area (Å²) in [6.45, 7) is 3.24. The molecule has 0 aliphatic carbocycles. The summed E-state index contributed by atoms with van der Waals surface area (Å²) in [5.41, 5.74) is 0.137. The Morgan fingerprint density at radius 2 is 1.79 bits per heavy atom. The van der Waals surface area contributed by atoms with Gasteiger partial charge in [0.15, 0.2) is 6.61 Å². The summed E-state index contributed by atoms with van der Waals surface area (Å²) in [5, 5.41) is 12.7. The SMILES string of the molecule is CCOC(=O)c1cc(CC)sc1NC(=O)COC(=O)c1cc(OC)ccc1O. The first-order valence-corrected chi connectivity index (χ1v) is 9.35. The van der Waals surface area contributed by atoms with Crippen molar-refractivity contribution in [1.82, 2.24) is 0 Å². The first kappa shape index (κ1) is 21.2. The molecule has 8 nitrogen and oxygen atoms in total. The van der Waals surface area contributed by atoms with Gasteiger partial charge in [-0.3, -0.25) is 4.79 Å². The highest BCUT2D eigenvalue weighted by Gasteiger charge is 2.20. The Labute approximate surface area is 166 Å². The van der Waals surface area contributed by atoms with Gasteiger partial charge in [-0.05, 0) is 37.6 Å². The van der Waals surface area contributed by atoms with Crippen molar-refractivity contribution in [3.05, 3.63) is 40.3 Å². The fourth-order valence-corrected chi connectivity index (χ4v) is 3.25. The van der Waals surface area contributed by atoms with Gasteiger partial charge < -0.3 is 24.6 Å². The molecule has 1 aromatic carbocycles. The molecular formula is C19H21NO7S. The Hall–Kier alpha value is -3.07. The molecule has 0 bridgehead atoms. The summed E-state index contributed by atoms with van der Waals surface area (Å²) >= 11 is 1.25. The standard InChI is InChI=1S/C19H21NO7S/c1-4-12-9-14(19(24)26-5-2)17(28-12)20-16(22)10-27-18(23)13-8-11(25-3)6-7-15(13)21/h6-9,21H,4-5,10H2,1-3H3,(H,20,22). The number of esters is 2. The number of hydrogen-bond acceptors (Lipinski definition) is 8. The average molecular weight is 407 g/mol. The number of nitrogens with one attached hydrogen (secondary N) is 1. The van der Waals surface area contributed by atoms with Crippen LogP contribution in [-0.4, -0.2) is 43.3 Å². The van der Waals surface area contributed by atoms with Crippen LogP contribution >= 0.6 is 11.3 Å². The molecule has 2 aromatic rings. The van der Waals surface area contributed by atoms with E-state index >= 15 is 0 Å². The Kier molecular flexibility index (Phi) is 7.39. The maximum Gasteiger partial charge on any atom is 0.342 e. The first-order valence-electron chi connectivity index (χ1n) is 8.53. The molecule has 0 aliphatic heterocycles. The molecule has 0 atom stereocenters. The summed E-state index contributed by atoms with van der Waals surface area (Å²) in [5.74, 6) is -1.96. The van der Waals surface area contributed by atoms with Crippen molar-refractivity contribution in [3.63, 3.8) is 0 Å². The van der Waals surface area contributed by atoms with E-state index in [9.17, 15) is 19.5 Å². The summed E-state index contributed by atoms with van der Waals surface area (Å²) in [6, 6.07) is 5.75. The van der Waals surface area contributed by atoms with Gasteiger partial charge in [-0.25, -0.2) is 9.59 Å². The minimum atomic E-state index is -0.877. The van der Waals surface area contributed by atoms with Crippen molar-refractivity contribution in [3.8, 4) is 11.5 Å². The molecule has 1 heterocycles. The number of phenols is 1. The largest absolute Gasteiger partial charge is 0.507 e. The van der Waals surface area contributed by atoms with Gasteiger partial charge in [0.2, 0.25) is 0 Å². The second-order valence-corrected chi connectivity index (χ2v) is 6.67. The van der Waals surface area contributed by atoms with Crippen LogP contribution in [0.25, 0.3) is 0 Å². The maximum absolute atomic E-state index is 12.2. The number of ether oxygens (including phenoxy) is 3. The van der Waals surface area contributed by atoms with Gasteiger partial charge in [0.05, 0.1) is 19.3 Å². The topological polar surface area (TPSA) is 111 Å². The van der Waals surface area contributed by atoms with E-state index < -0.39 is 24.5 Å². The van der Waals surface area contributed by atoms with Crippen LogP contribution in [0.3, 0.4) is 0 Å². The number of aryl methyl sites for hydroxylation is 1. The molecule has 0 unspecified atom stereocenters. The average Bonchev–Trinajstić information content (AvgIpc) is 3.09. The number of hydrogen-bond donors (Lipinski definition) is 2. The Balaban J connectivity index is 2.04. The third kappa shape index (κ3) is 5.23. The molecule has 0 saturated carbocycles. The summed E-state index contributed by atoms with van der Waals surface area (Å²) in [7, 11) is 1.42. The van der Waals surface area contributed by atoms with Crippen LogP contribution < -0.4 is 10.1 Å². The Morgan fingerprint density at radius 1 is 1.07 bits per heavy atom. The minimum Gasteiger partial charge on any atom is -0.507 e. The molecule has 0 fully saturated rings. The molecule has 1 amide bonds. The predicted molar refractivity (Wildman–Crippen MR) is 103 cm³/mol. The molecule has 0 aliphatic rings. The molecule has 0 spiro atoms. The molecule has 0 saturated heterocycles. The normalized spacial score (nSPS) is 10.2. The summed E-state index contributed by atoms with van der Waals surface area (Å²) in [4.78, 5) is 37.2. The van der Waals surface area contributed by atoms with Crippen molar-refractivity contribution >= 4 is 34.2 Å². The molecule has 0 radical (unpaired) electrons. The first-order chi connectivity index (χ1) is 13.4. The van der Waals surface area contributed by atoms with Crippen LogP contribution in [0.1, 0.15) is 39.4 Å². The quantitative estimate of drug-likeness (QED) is 0.647. The number of benzene rings is 1. The number of thiophene rings is 1. The van der Waals surface area contributed by atoms with Crippen LogP contribution in [0.4, 0.5) is 5.00 Å². The van der Waals surface area contributed by atoms with Crippen molar-refractivity contribution in [2.24, 2.45) is 0 Å². The number of methoxy groups -OCH3 is 1. The van der Waals surface area contributed by atoms with Crippen molar-refractivity contribution in [1.29, 1.82) is 0 Å². The molecule has 1 aromatic heterocycles. The van der Waals surface area contributed by atoms with Gasteiger partial charge in [0.25, 0.3) is 5.91 Å². The Bertz CT molecular complexity index is 875. The van der Waals surface area contributed by atoms with Crippen molar-refractivity contribution in [2.45, 2.75) is 20.3 Å². The lowest BCUT2D eigenvalue weighted by Gasteiger charge is -2.09.